The second kappa shape index (κ2) is 8.28. The second-order valence-corrected chi connectivity index (χ2v) is 6.78. The molecule has 16 heavy (non-hydrogen) atoms. The molecule has 1 unspecified atom stereocenters. The van der Waals surface area contributed by atoms with E-state index in [1.165, 1.54) is 0 Å². The zero-order chi connectivity index (χ0) is 12.6. The third kappa shape index (κ3) is 9.39. The monoisotopic (exact) mass is 271 g/mol. The summed E-state index contributed by atoms with van der Waals surface area (Å²) in [6.45, 7) is 4.87. The summed E-state index contributed by atoms with van der Waals surface area (Å²) in [7, 11) is -1.65. The van der Waals surface area contributed by atoms with Gasteiger partial charge in [0.25, 0.3) is 0 Å². The van der Waals surface area contributed by atoms with Gasteiger partial charge in [0.05, 0.1) is 5.75 Å². The highest BCUT2D eigenvalue weighted by molar-refractivity contribution is 7.89. The number of alkyl halides is 1. The van der Waals surface area contributed by atoms with Crippen molar-refractivity contribution in [2.75, 3.05) is 26.0 Å². The van der Waals surface area contributed by atoms with Crippen molar-refractivity contribution < 1.29 is 13.2 Å². The van der Waals surface area contributed by atoms with Gasteiger partial charge in [-0.2, -0.15) is 0 Å². The number of hydrogen-bond donors (Lipinski definition) is 1. The van der Waals surface area contributed by atoms with Gasteiger partial charge in [-0.25, -0.2) is 13.1 Å². The van der Waals surface area contributed by atoms with Crippen molar-refractivity contribution in [2.24, 2.45) is 5.92 Å². The number of methoxy groups -OCH3 is 1. The van der Waals surface area contributed by atoms with E-state index < -0.39 is 10.0 Å². The van der Waals surface area contributed by atoms with E-state index >= 15 is 0 Å². The van der Waals surface area contributed by atoms with E-state index in [1.807, 2.05) is 0 Å². The molecule has 0 saturated carbocycles. The Labute approximate surface area is 104 Å². The van der Waals surface area contributed by atoms with Crippen molar-refractivity contribution in [1.82, 2.24) is 4.72 Å². The van der Waals surface area contributed by atoms with Crippen LogP contribution in [0.25, 0.3) is 0 Å². The molecule has 0 heterocycles. The Morgan fingerprint density at radius 3 is 2.50 bits per heavy atom. The fraction of sp³-hybridized carbons (Fsp3) is 1.00. The van der Waals surface area contributed by atoms with E-state index in [1.54, 1.807) is 7.11 Å². The molecule has 0 aromatic heterocycles. The number of ether oxygens (including phenoxy) is 1. The molecule has 0 saturated heterocycles. The Kier molecular flexibility index (Phi) is 8.36. The van der Waals surface area contributed by atoms with E-state index in [-0.39, 0.29) is 11.1 Å². The third-order valence-corrected chi connectivity index (χ3v) is 3.78. The summed E-state index contributed by atoms with van der Waals surface area (Å²) < 4.78 is 30.2. The van der Waals surface area contributed by atoms with Gasteiger partial charge in [0.15, 0.2) is 0 Å². The molecule has 0 bridgehead atoms. The van der Waals surface area contributed by atoms with Crippen molar-refractivity contribution in [2.45, 2.75) is 32.1 Å². The SMILES string of the molecule is COCCCS(=O)(=O)NCC(Cl)CC(C)C. The largest absolute Gasteiger partial charge is 0.385 e. The summed E-state index contributed by atoms with van der Waals surface area (Å²) in [5, 5.41) is -0.141. The zero-order valence-corrected chi connectivity index (χ0v) is 11.8. The van der Waals surface area contributed by atoms with Crippen LogP contribution in [0.4, 0.5) is 0 Å². The van der Waals surface area contributed by atoms with Gasteiger partial charge in [-0.3, -0.25) is 0 Å². The van der Waals surface area contributed by atoms with Crippen molar-refractivity contribution >= 4 is 21.6 Å². The lowest BCUT2D eigenvalue weighted by molar-refractivity contribution is 0.199. The molecular weight excluding hydrogens is 250 g/mol. The quantitative estimate of drug-likeness (QED) is 0.512. The number of rotatable bonds is 9. The molecule has 0 amide bonds. The first-order valence-corrected chi connectivity index (χ1v) is 7.56. The molecule has 0 aliphatic carbocycles. The average molecular weight is 272 g/mol. The molecule has 0 aliphatic heterocycles. The maximum atomic E-state index is 11.5. The number of sulfonamides is 1. The van der Waals surface area contributed by atoms with Crippen LogP contribution >= 0.6 is 11.6 Å². The van der Waals surface area contributed by atoms with Crippen LogP contribution in [0, 0.1) is 5.92 Å². The van der Waals surface area contributed by atoms with Crippen LogP contribution in [0.5, 0.6) is 0 Å². The standard InChI is InChI=1S/C10H22ClNO3S/c1-9(2)7-10(11)8-12-16(13,14)6-4-5-15-3/h9-10,12H,4-8H2,1-3H3. The van der Waals surface area contributed by atoms with Crippen LogP contribution < -0.4 is 4.72 Å². The average Bonchev–Trinajstić information content (AvgIpc) is 2.14. The van der Waals surface area contributed by atoms with E-state index in [2.05, 4.69) is 18.6 Å². The van der Waals surface area contributed by atoms with Gasteiger partial charge in [0.1, 0.15) is 0 Å². The van der Waals surface area contributed by atoms with Gasteiger partial charge in [0, 0.05) is 25.6 Å². The zero-order valence-electron chi connectivity index (χ0n) is 10.2. The second-order valence-electron chi connectivity index (χ2n) is 4.24. The van der Waals surface area contributed by atoms with Crippen molar-refractivity contribution in [1.29, 1.82) is 0 Å². The summed E-state index contributed by atoms with van der Waals surface area (Å²) in [5.74, 6) is 0.562. The summed E-state index contributed by atoms with van der Waals surface area (Å²) in [5.41, 5.74) is 0. The fourth-order valence-corrected chi connectivity index (χ4v) is 2.90. The molecule has 0 aromatic carbocycles. The van der Waals surface area contributed by atoms with Crippen LogP contribution in [0.3, 0.4) is 0 Å². The van der Waals surface area contributed by atoms with Gasteiger partial charge < -0.3 is 4.74 Å². The van der Waals surface area contributed by atoms with Gasteiger partial charge in [-0.05, 0) is 18.8 Å². The smallest absolute Gasteiger partial charge is 0.211 e. The van der Waals surface area contributed by atoms with E-state index in [0.29, 0.717) is 25.5 Å². The minimum absolute atomic E-state index is 0.0894. The molecule has 0 aliphatic rings. The van der Waals surface area contributed by atoms with Crippen molar-refractivity contribution in [3.63, 3.8) is 0 Å². The Morgan fingerprint density at radius 2 is 2.00 bits per heavy atom. The predicted molar refractivity (Wildman–Crippen MR) is 67.4 cm³/mol. The van der Waals surface area contributed by atoms with Gasteiger partial charge in [-0.1, -0.05) is 13.8 Å². The first-order chi connectivity index (χ1) is 7.37. The van der Waals surface area contributed by atoms with Crippen molar-refractivity contribution in [3.05, 3.63) is 0 Å². The summed E-state index contributed by atoms with van der Waals surface area (Å²) in [4.78, 5) is 0. The maximum Gasteiger partial charge on any atom is 0.211 e. The van der Waals surface area contributed by atoms with Gasteiger partial charge in [0.2, 0.25) is 10.0 Å². The number of nitrogens with one attached hydrogen (secondary N) is 1. The minimum atomic E-state index is -3.20. The molecule has 4 nitrogen and oxygen atoms in total. The van der Waals surface area contributed by atoms with Crippen LogP contribution in [0.15, 0.2) is 0 Å². The number of hydrogen-bond acceptors (Lipinski definition) is 3. The summed E-state index contributed by atoms with van der Waals surface area (Å²) in [6.07, 6.45) is 1.31. The molecule has 6 heteroatoms. The van der Waals surface area contributed by atoms with E-state index in [0.717, 1.165) is 6.42 Å². The van der Waals surface area contributed by atoms with Crippen LogP contribution in [0.2, 0.25) is 0 Å². The first kappa shape index (κ1) is 16.2. The lowest BCUT2D eigenvalue weighted by Gasteiger charge is -2.13. The van der Waals surface area contributed by atoms with Crippen molar-refractivity contribution in [3.8, 4) is 0 Å². The lowest BCUT2D eigenvalue weighted by Crippen LogP contribution is -2.32. The highest BCUT2D eigenvalue weighted by Crippen LogP contribution is 2.09. The highest BCUT2D eigenvalue weighted by atomic mass is 35.5. The summed E-state index contributed by atoms with van der Waals surface area (Å²) in [6, 6.07) is 0. The molecule has 0 radical (unpaired) electrons. The topological polar surface area (TPSA) is 55.4 Å². The van der Waals surface area contributed by atoms with E-state index in [4.69, 9.17) is 16.3 Å². The van der Waals surface area contributed by atoms with Gasteiger partial charge in [-0.15, -0.1) is 11.6 Å². The van der Waals surface area contributed by atoms with Gasteiger partial charge >= 0.3 is 0 Å². The summed E-state index contributed by atoms with van der Waals surface area (Å²) >= 11 is 5.99. The predicted octanol–water partition coefficient (Wildman–Crippen LogP) is 1.60. The molecule has 0 rings (SSSR count). The molecule has 1 N–H and O–H groups in total. The van der Waals surface area contributed by atoms with Crippen LogP contribution in [-0.4, -0.2) is 39.8 Å². The molecule has 0 aromatic rings. The molecular formula is C10H22ClNO3S. The molecule has 0 fully saturated rings. The molecule has 98 valence electrons. The fourth-order valence-electron chi connectivity index (χ4n) is 1.28. The first-order valence-electron chi connectivity index (χ1n) is 5.47. The lowest BCUT2D eigenvalue weighted by atomic mass is 10.1. The maximum absolute atomic E-state index is 11.5. The van der Waals surface area contributed by atoms with E-state index in [9.17, 15) is 8.42 Å². The Morgan fingerprint density at radius 1 is 1.38 bits per heavy atom. The normalized spacial score (nSPS) is 14.3. The van der Waals surface area contributed by atoms with Crippen LogP contribution in [-0.2, 0) is 14.8 Å². The highest BCUT2D eigenvalue weighted by Gasteiger charge is 2.13. The Balaban J connectivity index is 3.81. The third-order valence-electron chi connectivity index (χ3n) is 2.01. The molecule has 0 spiro atoms. The number of halogens is 1. The Hall–Kier alpha value is 0.160. The molecule has 1 atom stereocenters. The minimum Gasteiger partial charge on any atom is -0.385 e. The van der Waals surface area contributed by atoms with Crippen LogP contribution in [0.1, 0.15) is 26.7 Å². The Bertz CT molecular complexity index is 267.